The van der Waals surface area contributed by atoms with E-state index in [4.69, 9.17) is 10.8 Å². The quantitative estimate of drug-likeness (QED) is 0.676. The van der Waals surface area contributed by atoms with Crippen LogP contribution in [0.1, 0.15) is 39.0 Å². The fraction of sp³-hybridized carbons (Fsp3) is 1.00. The van der Waals surface area contributed by atoms with Crippen LogP contribution in [0.25, 0.3) is 0 Å². The zero-order valence-electron chi connectivity index (χ0n) is 8.00. The largest absolute Gasteiger partial charge is 0.395 e. The van der Waals surface area contributed by atoms with E-state index in [1.165, 1.54) is 32.1 Å². The molecule has 0 spiro atoms. The van der Waals surface area contributed by atoms with Crippen molar-refractivity contribution >= 4 is 0 Å². The van der Waals surface area contributed by atoms with Crippen LogP contribution in [0.5, 0.6) is 0 Å². The van der Waals surface area contributed by atoms with Crippen molar-refractivity contribution in [3.63, 3.8) is 0 Å². The van der Waals surface area contributed by atoms with Gasteiger partial charge in [-0.25, -0.2) is 0 Å². The third-order valence-corrected chi connectivity index (χ3v) is 3.25. The fourth-order valence-corrected chi connectivity index (χ4v) is 2.44. The van der Waals surface area contributed by atoms with E-state index in [9.17, 15) is 0 Å². The van der Waals surface area contributed by atoms with E-state index >= 15 is 0 Å². The second kappa shape index (κ2) is 4.83. The van der Waals surface area contributed by atoms with Gasteiger partial charge in [0.15, 0.2) is 0 Å². The third kappa shape index (κ3) is 2.20. The molecule has 0 heterocycles. The van der Waals surface area contributed by atoms with Gasteiger partial charge in [0.1, 0.15) is 0 Å². The van der Waals surface area contributed by atoms with Crippen molar-refractivity contribution in [2.24, 2.45) is 17.6 Å². The monoisotopic (exact) mass is 171 g/mol. The minimum absolute atomic E-state index is 0.0234. The molecule has 1 saturated carbocycles. The van der Waals surface area contributed by atoms with Crippen LogP contribution in [0.3, 0.4) is 0 Å². The van der Waals surface area contributed by atoms with Crippen molar-refractivity contribution in [3.8, 4) is 0 Å². The smallest absolute Gasteiger partial charge is 0.0585 e. The lowest BCUT2D eigenvalue weighted by molar-refractivity contribution is 0.145. The Bertz CT molecular complexity index is 127. The Morgan fingerprint density at radius 2 is 2.08 bits per heavy atom. The number of rotatable bonds is 3. The number of hydrogen-bond acceptors (Lipinski definition) is 2. The standard InChI is InChI=1S/C10H21NO/c1-2-8-5-3-4-6-9(8)10(11)7-12/h8-10,12H,2-7,11H2,1H3. The maximum atomic E-state index is 8.98. The summed E-state index contributed by atoms with van der Waals surface area (Å²) in [6, 6.07) is 0.0234. The topological polar surface area (TPSA) is 46.2 Å². The van der Waals surface area contributed by atoms with Crippen LogP contribution in [0.2, 0.25) is 0 Å². The maximum Gasteiger partial charge on any atom is 0.0585 e. The Hall–Kier alpha value is -0.0800. The highest BCUT2D eigenvalue weighted by atomic mass is 16.3. The summed E-state index contributed by atoms with van der Waals surface area (Å²) in [6.45, 7) is 2.38. The summed E-state index contributed by atoms with van der Waals surface area (Å²) in [5, 5.41) is 8.98. The first-order valence-corrected chi connectivity index (χ1v) is 5.16. The highest BCUT2D eigenvalue weighted by Crippen LogP contribution is 2.33. The molecule has 0 radical (unpaired) electrons. The van der Waals surface area contributed by atoms with Gasteiger partial charge in [-0.3, -0.25) is 0 Å². The molecule has 0 amide bonds. The third-order valence-electron chi connectivity index (χ3n) is 3.25. The van der Waals surface area contributed by atoms with Crippen LogP contribution < -0.4 is 5.73 Å². The average molecular weight is 171 g/mol. The molecule has 0 aromatic rings. The molecule has 1 rings (SSSR count). The summed E-state index contributed by atoms with van der Waals surface area (Å²) < 4.78 is 0. The van der Waals surface area contributed by atoms with Gasteiger partial charge in [0.2, 0.25) is 0 Å². The summed E-state index contributed by atoms with van der Waals surface area (Å²) >= 11 is 0. The second-order valence-electron chi connectivity index (χ2n) is 3.96. The van der Waals surface area contributed by atoms with Crippen LogP contribution in [-0.2, 0) is 0 Å². The molecule has 1 aliphatic rings. The van der Waals surface area contributed by atoms with Crippen LogP contribution in [0.4, 0.5) is 0 Å². The van der Waals surface area contributed by atoms with Gasteiger partial charge in [-0.1, -0.05) is 32.6 Å². The summed E-state index contributed by atoms with van der Waals surface area (Å²) in [4.78, 5) is 0. The van der Waals surface area contributed by atoms with Crippen LogP contribution >= 0.6 is 0 Å². The number of aliphatic hydroxyl groups excluding tert-OH is 1. The van der Waals surface area contributed by atoms with Crippen LogP contribution in [0, 0.1) is 11.8 Å². The molecule has 1 aliphatic carbocycles. The van der Waals surface area contributed by atoms with Crippen molar-refractivity contribution in [2.75, 3.05) is 6.61 Å². The van der Waals surface area contributed by atoms with Crippen LogP contribution in [0.15, 0.2) is 0 Å². The Morgan fingerprint density at radius 3 is 2.67 bits per heavy atom. The molecule has 0 aliphatic heterocycles. The summed E-state index contributed by atoms with van der Waals surface area (Å²) in [7, 11) is 0. The van der Waals surface area contributed by atoms with Crippen molar-refractivity contribution < 1.29 is 5.11 Å². The summed E-state index contributed by atoms with van der Waals surface area (Å²) in [5.41, 5.74) is 5.86. The van der Waals surface area contributed by atoms with Gasteiger partial charge in [-0.15, -0.1) is 0 Å². The van der Waals surface area contributed by atoms with Gasteiger partial charge >= 0.3 is 0 Å². The predicted molar refractivity (Wildman–Crippen MR) is 50.8 cm³/mol. The zero-order valence-corrected chi connectivity index (χ0v) is 8.00. The first kappa shape index (κ1) is 10.0. The zero-order chi connectivity index (χ0) is 8.97. The Morgan fingerprint density at radius 1 is 1.42 bits per heavy atom. The molecule has 0 bridgehead atoms. The fourth-order valence-electron chi connectivity index (χ4n) is 2.44. The van der Waals surface area contributed by atoms with Crippen molar-refractivity contribution in [3.05, 3.63) is 0 Å². The Balaban J connectivity index is 2.46. The molecule has 3 atom stereocenters. The Kier molecular flexibility index (Phi) is 4.02. The van der Waals surface area contributed by atoms with Gasteiger partial charge in [0.05, 0.1) is 6.61 Å². The normalized spacial score (nSPS) is 33.2. The lowest BCUT2D eigenvalue weighted by Crippen LogP contribution is -2.39. The molecule has 2 heteroatoms. The van der Waals surface area contributed by atoms with E-state index in [2.05, 4.69) is 6.92 Å². The minimum atomic E-state index is 0.0234. The molecule has 3 unspecified atom stereocenters. The minimum Gasteiger partial charge on any atom is -0.395 e. The van der Waals surface area contributed by atoms with Gasteiger partial charge in [0, 0.05) is 6.04 Å². The molecule has 3 N–H and O–H groups in total. The molecule has 72 valence electrons. The predicted octanol–water partition coefficient (Wildman–Crippen LogP) is 1.52. The van der Waals surface area contributed by atoms with E-state index in [0.29, 0.717) is 5.92 Å². The maximum absolute atomic E-state index is 8.98. The number of hydrogen-bond donors (Lipinski definition) is 2. The van der Waals surface area contributed by atoms with Crippen molar-refractivity contribution in [2.45, 2.75) is 45.1 Å². The van der Waals surface area contributed by atoms with Gasteiger partial charge in [0.25, 0.3) is 0 Å². The first-order chi connectivity index (χ1) is 5.79. The Labute approximate surface area is 75.2 Å². The van der Waals surface area contributed by atoms with E-state index in [1.54, 1.807) is 0 Å². The van der Waals surface area contributed by atoms with Gasteiger partial charge < -0.3 is 10.8 Å². The lowest BCUT2D eigenvalue weighted by atomic mass is 9.74. The molecule has 0 aromatic heterocycles. The van der Waals surface area contributed by atoms with Crippen LogP contribution in [-0.4, -0.2) is 17.8 Å². The molecule has 0 aromatic carbocycles. The average Bonchev–Trinajstić information content (AvgIpc) is 2.16. The molecular weight excluding hydrogens is 150 g/mol. The summed E-state index contributed by atoms with van der Waals surface area (Å²) in [6.07, 6.45) is 6.41. The highest BCUT2D eigenvalue weighted by molar-refractivity contribution is 4.81. The number of nitrogens with two attached hydrogens (primary N) is 1. The van der Waals surface area contributed by atoms with E-state index in [1.807, 2.05) is 0 Å². The highest BCUT2D eigenvalue weighted by Gasteiger charge is 2.27. The summed E-state index contributed by atoms with van der Waals surface area (Å²) in [5.74, 6) is 1.34. The molecule has 12 heavy (non-hydrogen) atoms. The van der Waals surface area contributed by atoms with Gasteiger partial charge in [-0.2, -0.15) is 0 Å². The lowest BCUT2D eigenvalue weighted by Gasteiger charge is -2.34. The molecule has 0 saturated heterocycles. The SMILES string of the molecule is CCC1CCCCC1C(N)CO. The first-order valence-electron chi connectivity index (χ1n) is 5.16. The number of aliphatic hydroxyl groups is 1. The van der Waals surface area contributed by atoms with E-state index in [0.717, 1.165) is 5.92 Å². The van der Waals surface area contributed by atoms with E-state index in [-0.39, 0.29) is 12.6 Å². The van der Waals surface area contributed by atoms with Crippen molar-refractivity contribution in [1.29, 1.82) is 0 Å². The second-order valence-corrected chi connectivity index (χ2v) is 3.96. The van der Waals surface area contributed by atoms with E-state index < -0.39 is 0 Å². The molecule has 1 fully saturated rings. The van der Waals surface area contributed by atoms with Crippen molar-refractivity contribution in [1.82, 2.24) is 0 Å². The molecule has 2 nitrogen and oxygen atoms in total. The van der Waals surface area contributed by atoms with Gasteiger partial charge in [-0.05, 0) is 18.3 Å². The molecular formula is C10H21NO.